The molecule has 2 rings (SSSR count). The highest BCUT2D eigenvalue weighted by atomic mass is 35.5. The normalized spacial score (nSPS) is 11.6. The molecule has 2 aromatic rings. The first-order chi connectivity index (χ1) is 11.7. The largest absolute Gasteiger partial charge is 0.341 e. The van der Waals surface area contributed by atoms with Crippen molar-refractivity contribution in [1.29, 1.82) is 0 Å². The molecule has 25 heavy (non-hydrogen) atoms. The number of rotatable bonds is 6. The van der Waals surface area contributed by atoms with Crippen molar-refractivity contribution in [1.82, 2.24) is 0 Å². The number of halogens is 4. The zero-order valence-electron chi connectivity index (χ0n) is 12.4. The molecule has 0 heterocycles. The zero-order valence-corrected chi connectivity index (χ0v) is 15.5. The van der Waals surface area contributed by atoms with Crippen LogP contribution in [-0.4, -0.2) is 25.8 Å². The van der Waals surface area contributed by atoms with Gasteiger partial charge in [-0.25, -0.2) is 8.42 Å². The molecule has 1 amide bonds. The van der Waals surface area contributed by atoms with E-state index in [-0.39, 0.29) is 11.4 Å². The second-order valence-corrected chi connectivity index (χ2v) is 8.46. The number of carbonyl (C=O) groups is 1. The number of carbonyl (C=O) groups excluding carboxylic acids is 1. The van der Waals surface area contributed by atoms with Gasteiger partial charge >= 0.3 is 5.76 Å². The molecule has 0 spiro atoms. The van der Waals surface area contributed by atoms with Gasteiger partial charge in [-0.2, -0.15) is 8.78 Å². The number of sulfone groups is 1. The number of hydrogen-bond acceptors (Lipinski definition) is 4. The SMILES string of the molecule is O=C(CSc1cc(Cl)ccc1Cl)Nc1ccccc1S(=O)(=O)C(F)F. The van der Waals surface area contributed by atoms with E-state index in [1.165, 1.54) is 18.2 Å². The minimum atomic E-state index is -4.83. The number of nitrogens with one attached hydrogen (secondary N) is 1. The maximum absolute atomic E-state index is 12.7. The molecule has 0 aromatic heterocycles. The van der Waals surface area contributed by atoms with Crippen molar-refractivity contribution < 1.29 is 22.0 Å². The molecule has 1 N–H and O–H groups in total. The first-order valence-corrected chi connectivity index (χ1v) is 9.99. The summed E-state index contributed by atoms with van der Waals surface area (Å²) in [6.45, 7) is 0. The van der Waals surface area contributed by atoms with Crippen molar-refractivity contribution in [2.45, 2.75) is 15.5 Å². The Morgan fingerprint density at radius 2 is 1.84 bits per heavy atom. The van der Waals surface area contributed by atoms with E-state index in [9.17, 15) is 22.0 Å². The molecule has 0 saturated carbocycles. The van der Waals surface area contributed by atoms with Gasteiger partial charge in [0.2, 0.25) is 15.7 Å². The predicted molar refractivity (Wildman–Crippen MR) is 95.4 cm³/mol. The van der Waals surface area contributed by atoms with Gasteiger partial charge in [-0.1, -0.05) is 35.3 Å². The minimum absolute atomic E-state index is 0.108. The van der Waals surface area contributed by atoms with Gasteiger partial charge in [0.05, 0.1) is 21.4 Å². The highest BCUT2D eigenvalue weighted by molar-refractivity contribution is 8.00. The lowest BCUT2D eigenvalue weighted by Gasteiger charge is -2.11. The van der Waals surface area contributed by atoms with E-state index in [0.29, 0.717) is 14.9 Å². The standard InChI is InChI=1S/C15H11Cl2F2NO3S2/c16-9-5-6-10(17)12(7-9)24-8-14(21)20-11-3-1-2-4-13(11)25(22,23)15(18)19/h1-7,15H,8H2,(H,20,21). The van der Waals surface area contributed by atoms with Crippen molar-refractivity contribution in [2.75, 3.05) is 11.1 Å². The fourth-order valence-electron chi connectivity index (χ4n) is 1.83. The smallest absolute Gasteiger partial charge is 0.324 e. The Kier molecular flexibility index (Phi) is 6.67. The molecule has 0 saturated heterocycles. The Labute approximate surface area is 157 Å². The molecule has 2 aromatic carbocycles. The van der Waals surface area contributed by atoms with Crippen molar-refractivity contribution in [3.8, 4) is 0 Å². The molecule has 0 atom stereocenters. The Hall–Kier alpha value is -1.35. The van der Waals surface area contributed by atoms with Crippen LogP contribution in [0.5, 0.6) is 0 Å². The summed E-state index contributed by atoms with van der Waals surface area (Å²) in [5, 5.41) is 3.18. The summed E-state index contributed by atoms with van der Waals surface area (Å²) in [7, 11) is -4.83. The number of anilines is 1. The fraction of sp³-hybridized carbons (Fsp3) is 0.133. The Balaban J connectivity index is 2.13. The molecule has 0 radical (unpaired) electrons. The molecule has 10 heteroatoms. The van der Waals surface area contributed by atoms with Gasteiger partial charge in [0.1, 0.15) is 0 Å². The summed E-state index contributed by atoms with van der Waals surface area (Å²) in [4.78, 5) is 12.0. The molecule has 0 aliphatic heterocycles. The van der Waals surface area contributed by atoms with Gasteiger partial charge in [0.15, 0.2) is 0 Å². The van der Waals surface area contributed by atoms with Gasteiger partial charge in [-0.05, 0) is 30.3 Å². The zero-order chi connectivity index (χ0) is 18.6. The van der Waals surface area contributed by atoms with E-state index in [4.69, 9.17) is 23.2 Å². The molecular weight excluding hydrogens is 415 g/mol. The van der Waals surface area contributed by atoms with Crippen molar-refractivity contribution in [2.24, 2.45) is 0 Å². The summed E-state index contributed by atoms with van der Waals surface area (Å²) in [6, 6.07) is 9.74. The van der Waals surface area contributed by atoms with Crippen LogP contribution in [0.15, 0.2) is 52.3 Å². The summed E-state index contributed by atoms with van der Waals surface area (Å²) >= 11 is 12.9. The van der Waals surface area contributed by atoms with E-state index in [1.807, 2.05) is 0 Å². The van der Waals surface area contributed by atoms with Crippen LogP contribution in [0.1, 0.15) is 0 Å². The van der Waals surface area contributed by atoms with Crippen LogP contribution in [0.25, 0.3) is 0 Å². The van der Waals surface area contributed by atoms with Gasteiger partial charge in [0.25, 0.3) is 0 Å². The van der Waals surface area contributed by atoms with E-state index in [1.54, 1.807) is 18.2 Å². The highest BCUT2D eigenvalue weighted by Crippen LogP contribution is 2.30. The number of amides is 1. The molecule has 0 fully saturated rings. The van der Waals surface area contributed by atoms with E-state index in [2.05, 4.69) is 5.32 Å². The number of benzene rings is 2. The number of thioether (sulfide) groups is 1. The second-order valence-electron chi connectivity index (χ2n) is 4.71. The van der Waals surface area contributed by atoms with Crippen molar-refractivity contribution in [3.63, 3.8) is 0 Å². The molecule has 0 unspecified atom stereocenters. The van der Waals surface area contributed by atoms with E-state index in [0.717, 1.165) is 17.8 Å². The Morgan fingerprint density at radius 1 is 1.16 bits per heavy atom. The average Bonchev–Trinajstić information content (AvgIpc) is 2.56. The summed E-state index contributed by atoms with van der Waals surface area (Å²) < 4.78 is 48.8. The summed E-state index contributed by atoms with van der Waals surface area (Å²) in [5.74, 6) is -4.26. The van der Waals surface area contributed by atoms with Crippen LogP contribution >= 0.6 is 35.0 Å². The quantitative estimate of drug-likeness (QED) is 0.679. The average molecular weight is 426 g/mol. The van der Waals surface area contributed by atoms with Crippen LogP contribution < -0.4 is 5.32 Å². The maximum Gasteiger partial charge on any atom is 0.341 e. The molecular formula is C15H11Cl2F2NO3S2. The van der Waals surface area contributed by atoms with Gasteiger partial charge in [-0.15, -0.1) is 11.8 Å². The minimum Gasteiger partial charge on any atom is -0.324 e. The van der Waals surface area contributed by atoms with E-state index < -0.39 is 26.4 Å². The van der Waals surface area contributed by atoms with Crippen LogP contribution in [0, 0.1) is 0 Å². The lowest BCUT2D eigenvalue weighted by molar-refractivity contribution is -0.113. The Bertz CT molecular complexity index is 892. The molecule has 0 aliphatic rings. The topological polar surface area (TPSA) is 63.2 Å². The third kappa shape index (κ3) is 5.07. The third-order valence-corrected chi connectivity index (χ3v) is 6.12. The second kappa shape index (κ2) is 8.35. The first kappa shape index (κ1) is 20.0. The summed E-state index contributed by atoms with van der Waals surface area (Å²) in [5.41, 5.74) is -0.203. The van der Waals surface area contributed by atoms with Gasteiger partial charge in [-0.3, -0.25) is 4.79 Å². The van der Waals surface area contributed by atoms with Crippen LogP contribution in [0.2, 0.25) is 10.0 Å². The first-order valence-electron chi connectivity index (χ1n) is 6.70. The third-order valence-electron chi connectivity index (χ3n) is 2.95. The van der Waals surface area contributed by atoms with E-state index >= 15 is 0 Å². The molecule has 0 bridgehead atoms. The number of hydrogen-bond donors (Lipinski definition) is 1. The van der Waals surface area contributed by atoms with Crippen molar-refractivity contribution >= 4 is 56.4 Å². The molecule has 4 nitrogen and oxygen atoms in total. The molecule has 134 valence electrons. The monoisotopic (exact) mass is 425 g/mol. The lowest BCUT2D eigenvalue weighted by Crippen LogP contribution is -2.19. The fourth-order valence-corrected chi connectivity index (χ4v) is 4.01. The van der Waals surface area contributed by atoms with Crippen LogP contribution in [0.3, 0.4) is 0 Å². The van der Waals surface area contributed by atoms with Gasteiger partial charge < -0.3 is 5.32 Å². The predicted octanol–water partition coefficient (Wildman–Crippen LogP) is 4.72. The number of alkyl halides is 2. The highest BCUT2D eigenvalue weighted by Gasteiger charge is 2.29. The maximum atomic E-state index is 12.7. The number of para-hydroxylation sites is 1. The van der Waals surface area contributed by atoms with Crippen LogP contribution in [-0.2, 0) is 14.6 Å². The van der Waals surface area contributed by atoms with Crippen molar-refractivity contribution in [3.05, 3.63) is 52.5 Å². The summed E-state index contributed by atoms with van der Waals surface area (Å²) in [6.07, 6.45) is 0. The molecule has 0 aliphatic carbocycles. The Morgan fingerprint density at radius 3 is 2.52 bits per heavy atom. The van der Waals surface area contributed by atoms with Gasteiger partial charge in [0, 0.05) is 9.92 Å². The van der Waals surface area contributed by atoms with Crippen LogP contribution in [0.4, 0.5) is 14.5 Å². The lowest BCUT2D eigenvalue weighted by atomic mass is 10.3.